The molecule has 1 saturated heterocycles. The molecule has 1 aliphatic rings. The number of halogens is 1. The third-order valence-corrected chi connectivity index (χ3v) is 6.53. The minimum Gasteiger partial charge on any atom is -0.493 e. The Morgan fingerprint density at radius 1 is 1.33 bits per heavy atom. The number of nitrogens with zero attached hydrogens (tertiary/aromatic N) is 1. The van der Waals surface area contributed by atoms with E-state index in [0.29, 0.717) is 29.1 Å². The fraction of sp³-hybridized carbons (Fsp3) is 0.538. The van der Waals surface area contributed by atoms with Crippen LogP contribution in [0.15, 0.2) is 21.5 Å². The molecule has 1 aromatic carbocycles. The maximum atomic E-state index is 12.8. The molecule has 0 spiro atoms. The standard InChI is InChI=1S/C13H19BrN2O4S/c1-19-11-6-10(14)13(7-12(11)20-2)21(17,18)16-5-3-4-9(16)8-15/h6-7,9H,3-5,8,15H2,1-2H3. The molecule has 0 saturated carbocycles. The van der Waals surface area contributed by atoms with Gasteiger partial charge in [0.1, 0.15) is 4.90 Å². The molecule has 0 aromatic heterocycles. The van der Waals surface area contributed by atoms with Gasteiger partial charge >= 0.3 is 0 Å². The minimum absolute atomic E-state index is 0.144. The fourth-order valence-electron chi connectivity index (χ4n) is 2.52. The third-order valence-electron chi connectivity index (χ3n) is 3.62. The molecule has 0 radical (unpaired) electrons. The molecule has 1 fully saturated rings. The number of methoxy groups -OCH3 is 2. The summed E-state index contributed by atoms with van der Waals surface area (Å²) in [4.78, 5) is 0.167. The van der Waals surface area contributed by atoms with Crippen LogP contribution in [0, 0.1) is 0 Å². The average Bonchev–Trinajstić information content (AvgIpc) is 2.95. The van der Waals surface area contributed by atoms with Crippen LogP contribution in [0.1, 0.15) is 12.8 Å². The van der Waals surface area contributed by atoms with Crippen LogP contribution in [0.2, 0.25) is 0 Å². The number of ether oxygens (including phenoxy) is 2. The summed E-state index contributed by atoms with van der Waals surface area (Å²) < 4.78 is 37.9. The lowest BCUT2D eigenvalue weighted by molar-refractivity contribution is 0.352. The molecule has 118 valence electrons. The molecule has 1 unspecified atom stereocenters. The Hall–Kier alpha value is -0.830. The van der Waals surface area contributed by atoms with Crippen molar-refractivity contribution < 1.29 is 17.9 Å². The van der Waals surface area contributed by atoms with Crippen LogP contribution < -0.4 is 15.2 Å². The maximum Gasteiger partial charge on any atom is 0.244 e. The van der Waals surface area contributed by atoms with Gasteiger partial charge in [-0.1, -0.05) is 0 Å². The summed E-state index contributed by atoms with van der Waals surface area (Å²) in [5, 5.41) is 0. The molecule has 6 nitrogen and oxygen atoms in total. The van der Waals surface area contributed by atoms with Crippen molar-refractivity contribution in [2.75, 3.05) is 27.3 Å². The largest absolute Gasteiger partial charge is 0.493 e. The zero-order chi connectivity index (χ0) is 15.6. The Kier molecular flexibility index (Phi) is 5.13. The first kappa shape index (κ1) is 16.5. The van der Waals surface area contributed by atoms with Crippen molar-refractivity contribution in [1.82, 2.24) is 4.31 Å². The Morgan fingerprint density at radius 2 is 1.95 bits per heavy atom. The van der Waals surface area contributed by atoms with E-state index in [-0.39, 0.29) is 10.9 Å². The second-order valence-corrected chi connectivity index (χ2v) is 7.50. The van der Waals surface area contributed by atoms with Crippen LogP contribution in [0.25, 0.3) is 0 Å². The van der Waals surface area contributed by atoms with E-state index in [1.807, 2.05) is 0 Å². The van der Waals surface area contributed by atoms with Crippen molar-refractivity contribution in [3.8, 4) is 11.5 Å². The SMILES string of the molecule is COc1cc(Br)c(S(=O)(=O)N2CCCC2CN)cc1OC. The van der Waals surface area contributed by atoms with E-state index in [2.05, 4.69) is 15.9 Å². The first-order chi connectivity index (χ1) is 9.95. The Balaban J connectivity index is 2.49. The highest BCUT2D eigenvalue weighted by molar-refractivity contribution is 9.10. The van der Waals surface area contributed by atoms with Crippen LogP contribution >= 0.6 is 15.9 Å². The normalized spacial score (nSPS) is 19.7. The summed E-state index contributed by atoms with van der Waals surface area (Å²) in [6, 6.07) is 2.93. The van der Waals surface area contributed by atoms with E-state index < -0.39 is 10.0 Å². The van der Waals surface area contributed by atoms with Gasteiger partial charge in [0.05, 0.1) is 14.2 Å². The number of hydrogen-bond acceptors (Lipinski definition) is 5. The zero-order valence-corrected chi connectivity index (χ0v) is 14.4. The molecule has 1 aromatic rings. The van der Waals surface area contributed by atoms with Gasteiger partial charge in [0.25, 0.3) is 0 Å². The summed E-state index contributed by atoms with van der Waals surface area (Å²) in [6.45, 7) is 0.815. The van der Waals surface area contributed by atoms with Crippen molar-refractivity contribution >= 4 is 26.0 Å². The molecule has 1 aliphatic heterocycles. The van der Waals surface area contributed by atoms with Crippen LogP contribution in [-0.2, 0) is 10.0 Å². The molecule has 1 heterocycles. The van der Waals surface area contributed by atoms with E-state index in [1.54, 1.807) is 6.07 Å². The van der Waals surface area contributed by atoms with E-state index in [4.69, 9.17) is 15.2 Å². The molecule has 2 rings (SSSR count). The topological polar surface area (TPSA) is 81.9 Å². The first-order valence-electron chi connectivity index (χ1n) is 6.59. The second kappa shape index (κ2) is 6.51. The summed E-state index contributed by atoms with van der Waals surface area (Å²) in [5.74, 6) is 0.850. The predicted molar refractivity (Wildman–Crippen MR) is 83.2 cm³/mol. The van der Waals surface area contributed by atoms with Crippen molar-refractivity contribution in [1.29, 1.82) is 0 Å². The Morgan fingerprint density at radius 3 is 2.52 bits per heavy atom. The maximum absolute atomic E-state index is 12.8. The second-order valence-electron chi connectivity index (χ2n) is 4.79. The Bertz CT molecular complexity index is 621. The molecule has 1 atom stereocenters. The van der Waals surface area contributed by atoms with Gasteiger partial charge in [-0.25, -0.2) is 8.42 Å². The van der Waals surface area contributed by atoms with Gasteiger partial charge in [0.15, 0.2) is 11.5 Å². The number of hydrogen-bond donors (Lipinski definition) is 1. The van der Waals surface area contributed by atoms with Crippen LogP contribution in [0.5, 0.6) is 11.5 Å². The fourth-order valence-corrected chi connectivity index (χ4v) is 5.22. The van der Waals surface area contributed by atoms with Gasteiger partial charge in [0, 0.05) is 29.7 Å². The molecule has 0 aliphatic carbocycles. The molecular weight excluding hydrogens is 360 g/mol. The van der Waals surface area contributed by atoms with Crippen molar-refractivity contribution in [2.24, 2.45) is 5.73 Å². The summed E-state index contributed by atoms with van der Waals surface area (Å²) in [6.07, 6.45) is 1.62. The summed E-state index contributed by atoms with van der Waals surface area (Å²) in [7, 11) is -0.641. The lowest BCUT2D eigenvalue weighted by atomic mass is 10.2. The van der Waals surface area contributed by atoms with Gasteiger partial charge in [-0.2, -0.15) is 4.31 Å². The van der Waals surface area contributed by atoms with Crippen molar-refractivity contribution in [2.45, 2.75) is 23.8 Å². The molecule has 0 bridgehead atoms. The van der Waals surface area contributed by atoms with Gasteiger partial charge in [-0.3, -0.25) is 0 Å². The van der Waals surface area contributed by atoms with Gasteiger partial charge in [-0.15, -0.1) is 0 Å². The summed E-state index contributed by atoms with van der Waals surface area (Å²) >= 11 is 3.30. The van der Waals surface area contributed by atoms with Crippen molar-refractivity contribution in [3.63, 3.8) is 0 Å². The number of benzene rings is 1. The zero-order valence-electron chi connectivity index (χ0n) is 12.0. The highest BCUT2D eigenvalue weighted by atomic mass is 79.9. The van der Waals surface area contributed by atoms with Crippen molar-refractivity contribution in [3.05, 3.63) is 16.6 Å². The van der Waals surface area contributed by atoms with Crippen LogP contribution in [0.3, 0.4) is 0 Å². The van der Waals surface area contributed by atoms with Gasteiger partial charge < -0.3 is 15.2 Å². The number of nitrogens with two attached hydrogens (primary N) is 1. The molecule has 2 N–H and O–H groups in total. The molecular formula is C13H19BrN2O4S. The predicted octanol–water partition coefficient (Wildman–Crippen LogP) is 1.58. The highest BCUT2D eigenvalue weighted by Gasteiger charge is 2.36. The quantitative estimate of drug-likeness (QED) is 0.840. The van der Waals surface area contributed by atoms with E-state index in [1.165, 1.54) is 24.6 Å². The van der Waals surface area contributed by atoms with E-state index in [9.17, 15) is 8.42 Å². The lowest BCUT2D eigenvalue weighted by Gasteiger charge is -2.24. The average molecular weight is 379 g/mol. The first-order valence-corrected chi connectivity index (χ1v) is 8.82. The molecule has 0 amide bonds. The summed E-state index contributed by atoms with van der Waals surface area (Å²) in [5.41, 5.74) is 5.68. The molecule has 21 heavy (non-hydrogen) atoms. The monoisotopic (exact) mass is 378 g/mol. The van der Waals surface area contributed by atoms with Gasteiger partial charge in [0.2, 0.25) is 10.0 Å². The van der Waals surface area contributed by atoms with E-state index >= 15 is 0 Å². The third kappa shape index (κ3) is 3.03. The molecule has 8 heteroatoms. The van der Waals surface area contributed by atoms with Crippen LogP contribution in [0.4, 0.5) is 0 Å². The van der Waals surface area contributed by atoms with E-state index in [0.717, 1.165) is 12.8 Å². The number of rotatable bonds is 5. The minimum atomic E-state index is -3.62. The Labute approximate surface area is 133 Å². The number of sulfonamides is 1. The lowest BCUT2D eigenvalue weighted by Crippen LogP contribution is -2.39. The smallest absolute Gasteiger partial charge is 0.244 e. The van der Waals surface area contributed by atoms with Crippen LogP contribution in [-0.4, -0.2) is 46.1 Å². The van der Waals surface area contributed by atoms with Gasteiger partial charge in [-0.05, 0) is 34.8 Å². The highest BCUT2D eigenvalue weighted by Crippen LogP contribution is 2.38.